The number of methoxy groups -OCH3 is 2. The van der Waals surface area contributed by atoms with Gasteiger partial charge in [0.2, 0.25) is 5.90 Å². The van der Waals surface area contributed by atoms with E-state index in [1.54, 1.807) is 20.5 Å². The average Bonchev–Trinajstić information content (AvgIpc) is 2.78. The molecule has 0 N–H and O–H groups in total. The lowest BCUT2D eigenvalue weighted by atomic mass is 10.3. The summed E-state index contributed by atoms with van der Waals surface area (Å²) in [6.45, 7) is 1.88. The molecule has 29 heavy (non-hydrogen) atoms. The molecule has 3 aromatic rings. The number of para-hydroxylation sites is 3. The van der Waals surface area contributed by atoms with Gasteiger partial charge < -0.3 is 18.9 Å². The molecule has 0 aliphatic heterocycles. The van der Waals surface area contributed by atoms with E-state index >= 15 is 0 Å². The van der Waals surface area contributed by atoms with Gasteiger partial charge in [-0.3, -0.25) is 0 Å². The molecule has 3 aromatic carbocycles. The Kier molecular flexibility index (Phi) is 6.90. The lowest BCUT2D eigenvalue weighted by Gasteiger charge is -2.11. The highest BCUT2D eigenvalue weighted by molar-refractivity contribution is 5.96. The van der Waals surface area contributed by atoms with E-state index in [9.17, 15) is 0 Å². The van der Waals surface area contributed by atoms with Crippen LogP contribution in [0.1, 0.15) is 6.92 Å². The summed E-state index contributed by atoms with van der Waals surface area (Å²) in [6, 6.07) is 24.4. The Labute approximate surface area is 170 Å². The summed E-state index contributed by atoms with van der Waals surface area (Å²) in [5.74, 6) is 3.13. The van der Waals surface area contributed by atoms with Crippen LogP contribution in [-0.4, -0.2) is 20.1 Å². The summed E-state index contributed by atoms with van der Waals surface area (Å²) in [6.07, 6.45) is 1.60. The minimum atomic E-state index is 0.427. The van der Waals surface area contributed by atoms with Crippen LogP contribution < -0.4 is 18.9 Å². The van der Waals surface area contributed by atoms with E-state index in [1.807, 2.05) is 85.8 Å². The van der Waals surface area contributed by atoms with Crippen LogP contribution >= 0.6 is 0 Å². The molecule has 0 heterocycles. The Morgan fingerprint density at radius 3 is 2.03 bits per heavy atom. The maximum absolute atomic E-state index is 6.02. The second-order valence-corrected chi connectivity index (χ2v) is 6.10. The highest BCUT2D eigenvalue weighted by Gasteiger charge is 2.09. The van der Waals surface area contributed by atoms with Crippen molar-refractivity contribution in [2.75, 3.05) is 14.2 Å². The van der Waals surface area contributed by atoms with Crippen LogP contribution in [-0.2, 0) is 0 Å². The van der Waals surface area contributed by atoms with Gasteiger partial charge in [0.15, 0.2) is 11.5 Å². The number of ether oxygens (including phenoxy) is 4. The molecule has 0 saturated heterocycles. The van der Waals surface area contributed by atoms with E-state index in [4.69, 9.17) is 18.9 Å². The average molecular weight is 389 g/mol. The monoisotopic (exact) mass is 389 g/mol. The third-order valence-electron chi connectivity index (χ3n) is 4.03. The minimum Gasteiger partial charge on any atom is -0.497 e. The number of benzene rings is 3. The van der Waals surface area contributed by atoms with Gasteiger partial charge in [-0.05, 0) is 55.5 Å². The maximum atomic E-state index is 6.02. The lowest BCUT2D eigenvalue weighted by molar-refractivity contribution is 0.377. The van der Waals surface area contributed by atoms with E-state index in [1.165, 1.54) is 0 Å². The second kappa shape index (κ2) is 9.99. The molecule has 0 unspecified atom stereocenters. The molecule has 0 aliphatic carbocycles. The Morgan fingerprint density at radius 2 is 1.38 bits per heavy atom. The van der Waals surface area contributed by atoms with Crippen LogP contribution in [0.3, 0.4) is 0 Å². The Balaban J connectivity index is 1.89. The van der Waals surface area contributed by atoms with Crippen molar-refractivity contribution in [3.05, 3.63) is 90.7 Å². The molecule has 0 spiro atoms. The predicted molar refractivity (Wildman–Crippen MR) is 115 cm³/mol. The van der Waals surface area contributed by atoms with Crippen LogP contribution in [0.15, 0.2) is 95.7 Å². The molecule has 0 radical (unpaired) electrons. The summed E-state index contributed by atoms with van der Waals surface area (Å²) in [5.41, 5.74) is 1.46. The predicted octanol–water partition coefficient (Wildman–Crippen LogP) is 5.80. The lowest BCUT2D eigenvalue weighted by Crippen LogP contribution is -2.11. The number of aliphatic imine (C=N–C) groups is 1. The zero-order valence-corrected chi connectivity index (χ0v) is 16.7. The van der Waals surface area contributed by atoms with Gasteiger partial charge in [-0.2, -0.15) is 0 Å². The molecule has 0 bridgehead atoms. The summed E-state index contributed by atoms with van der Waals surface area (Å²) in [4.78, 5) is 4.64. The van der Waals surface area contributed by atoms with Crippen molar-refractivity contribution in [2.45, 2.75) is 6.92 Å². The maximum Gasteiger partial charge on any atom is 0.225 e. The number of rotatable bonds is 7. The molecular weight excluding hydrogens is 366 g/mol. The molecule has 0 aliphatic rings. The minimum absolute atomic E-state index is 0.427. The van der Waals surface area contributed by atoms with Crippen molar-refractivity contribution in [3.8, 4) is 23.0 Å². The third-order valence-corrected chi connectivity index (χ3v) is 4.03. The molecule has 0 fully saturated rings. The Hall–Kier alpha value is -3.73. The van der Waals surface area contributed by atoms with Gasteiger partial charge in [-0.25, -0.2) is 4.99 Å². The number of hydrogen-bond donors (Lipinski definition) is 0. The SMILES string of the molecule is COc1ccc(N=C(Oc2ccccc2)/C(C)=C/Oc2ccccc2OC)cc1. The van der Waals surface area contributed by atoms with Gasteiger partial charge in [-0.15, -0.1) is 0 Å². The van der Waals surface area contributed by atoms with Gasteiger partial charge in [0.25, 0.3) is 0 Å². The van der Waals surface area contributed by atoms with Crippen molar-refractivity contribution < 1.29 is 18.9 Å². The smallest absolute Gasteiger partial charge is 0.225 e. The van der Waals surface area contributed by atoms with E-state index < -0.39 is 0 Å². The van der Waals surface area contributed by atoms with Gasteiger partial charge in [0.05, 0.1) is 26.2 Å². The van der Waals surface area contributed by atoms with Gasteiger partial charge >= 0.3 is 0 Å². The summed E-state index contributed by atoms with van der Waals surface area (Å²) < 4.78 is 22.4. The first kappa shape index (κ1) is 20.0. The van der Waals surface area contributed by atoms with E-state index in [-0.39, 0.29) is 0 Å². The third kappa shape index (κ3) is 5.62. The van der Waals surface area contributed by atoms with Gasteiger partial charge in [0, 0.05) is 5.57 Å². The van der Waals surface area contributed by atoms with Crippen LogP contribution in [0.2, 0.25) is 0 Å². The highest BCUT2D eigenvalue weighted by Crippen LogP contribution is 2.27. The molecule has 0 saturated carbocycles. The molecular formula is C24H23NO4. The highest BCUT2D eigenvalue weighted by atomic mass is 16.5. The molecule has 5 heteroatoms. The Morgan fingerprint density at radius 1 is 0.724 bits per heavy atom. The fourth-order valence-corrected chi connectivity index (χ4v) is 2.48. The fraction of sp³-hybridized carbons (Fsp3) is 0.125. The van der Waals surface area contributed by atoms with Crippen LogP contribution in [0.25, 0.3) is 0 Å². The van der Waals surface area contributed by atoms with E-state index in [0.717, 1.165) is 17.0 Å². The van der Waals surface area contributed by atoms with Crippen molar-refractivity contribution in [3.63, 3.8) is 0 Å². The normalized spacial score (nSPS) is 11.7. The van der Waals surface area contributed by atoms with Crippen molar-refractivity contribution in [2.24, 2.45) is 4.99 Å². The standard InChI is InChI=1S/C24H23NO4/c1-18(17-28-23-12-8-7-11-22(23)27-3)24(29-21-9-5-4-6-10-21)25-19-13-15-20(26-2)16-14-19/h4-17H,1-3H3/b18-17+,25-24?. The topological polar surface area (TPSA) is 49.3 Å². The van der Waals surface area contributed by atoms with Crippen LogP contribution in [0, 0.1) is 0 Å². The molecule has 0 aromatic heterocycles. The quantitative estimate of drug-likeness (QED) is 0.291. The van der Waals surface area contributed by atoms with Crippen LogP contribution in [0.4, 0.5) is 5.69 Å². The molecule has 0 atom stereocenters. The summed E-state index contributed by atoms with van der Waals surface area (Å²) in [7, 11) is 3.23. The van der Waals surface area contributed by atoms with Gasteiger partial charge in [0.1, 0.15) is 11.5 Å². The molecule has 148 valence electrons. The first-order valence-electron chi connectivity index (χ1n) is 9.12. The number of nitrogens with zero attached hydrogens (tertiary/aromatic N) is 1. The van der Waals surface area contributed by atoms with Crippen molar-refractivity contribution >= 4 is 11.6 Å². The summed E-state index contributed by atoms with van der Waals surface area (Å²) in [5, 5.41) is 0. The van der Waals surface area contributed by atoms with Crippen molar-refractivity contribution in [1.29, 1.82) is 0 Å². The molecule has 3 rings (SSSR count). The zero-order valence-electron chi connectivity index (χ0n) is 16.7. The largest absolute Gasteiger partial charge is 0.497 e. The van der Waals surface area contributed by atoms with E-state index in [0.29, 0.717) is 23.1 Å². The first-order chi connectivity index (χ1) is 14.2. The second-order valence-electron chi connectivity index (χ2n) is 6.10. The van der Waals surface area contributed by atoms with Gasteiger partial charge in [-0.1, -0.05) is 30.3 Å². The van der Waals surface area contributed by atoms with E-state index in [2.05, 4.69) is 4.99 Å². The fourth-order valence-electron chi connectivity index (χ4n) is 2.48. The first-order valence-corrected chi connectivity index (χ1v) is 9.12. The molecule has 5 nitrogen and oxygen atoms in total. The van der Waals surface area contributed by atoms with Crippen LogP contribution in [0.5, 0.6) is 23.0 Å². The number of hydrogen-bond acceptors (Lipinski definition) is 5. The van der Waals surface area contributed by atoms with Crippen molar-refractivity contribution in [1.82, 2.24) is 0 Å². The molecule has 0 amide bonds. The Bertz CT molecular complexity index is 979. The summed E-state index contributed by atoms with van der Waals surface area (Å²) >= 11 is 0. The zero-order chi connectivity index (χ0) is 20.5.